The number of hydrogen-bond acceptors (Lipinski definition) is 5. The number of carbonyl (C=O) groups is 1. The van der Waals surface area contributed by atoms with Gasteiger partial charge in [0.2, 0.25) is 0 Å². The fraction of sp³-hybridized carbons (Fsp3) is 0.875. The Morgan fingerprint density at radius 2 is 1.92 bits per heavy atom. The number of hydrogen-bond donors (Lipinski definition) is 1. The Hall–Kier alpha value is -0.810. The van der Waals surface area contributed by atoms with Gasteiger partial charge in [0.25, 0.3) is 0 Å². The van der Waals surface area contributed by atoms with E-state index in [0.717, 1.165) is 0 Å². The van der Waals surface area contributed by atoms with Crippen LogP contribution in [0.5, 0.6) is 0 Å². The molecule has 0 aliphatic carbocycles. The molecule has 0 aliphatic heterocycles. The second-order valence-corrected chi connectivity index (χ2v) is 2.25. The van der Waals surface area contributed by atoms with E-state index in [1.807, 2.05) is 6.92 Å². The first kappa shape index (κ1) is 12.2. The van der Waals surface area contributed by atoms with E-state index < -0.39 is 6.16 Å². The van der Waals surface area contributed by atoms with Gasteiger partial charge in [0, 0.05) is 13.2 Å². The summed E-state index contributed by atoms with van der Waals surface area (Å²) in [6, 6.07) is 0. The van der Waals surface area contributed by atoms with Crippen LogP contribution in [0.4, 0.5) is 4.79 Å². The van der Waals surface area contributed by atoms with Gasteiger partial charge in [-0.15, -0.1) is 0 Å². The second kappa shape index (κ2) is 9.28. The molecule has 0 bridgehead atoms. The summed E-state index contributed by atoms with van der Waals surface area (Å²) in [6.45, 7) is 4.11. The van der Waals surface area contributed by atoms with E-state index in [4.69, 9.17) is 4.74 Å². The van der Waals surface area contributed by atoms with Crippen molar-refractivity contribution in [3.63, 3.8) is 0 Å². The van der Waals surface area contributed by atoms with Crippen molar-refractivity contribution in [2.45, 2.75) is 6.92 Å². The normalized spacial score (nSPS) is 9.69. The number of carbonyl (C=O) groups excluding carboxylic acids is 1. The van der Waals surface area contributed by atoms with Crippen molar-refractivity contribution in [2.75, 3.05) is 40.0 Å². The van der Waals surface area contributed by atoms with Crippen LogP contribution in [0.1, 0.15) is 6.92 Å². The Labute approximate surface area is 78.3 Å². The van der Waals surface area contributed by atoms with Crippen LogP contribution >= 0.6 is 0 Å². The maximum absolute atomic E-state index is 10.8. The molecule has 0 fully saturated rings. The van der Waals surface area contributed by atoms with Crippen LogP contribution in [0, 0.1) is 0 Å². The molecule has 0 saturated heterocycles. The van der Waals surface area contributed by atoms with E-state index in [1.165, 1.54) is 0 Å². The summed E-state index contributed by atoms with van der Waals surface area (Å²) in [5, 5.41) is 2.84. The van der Waals surface area contributed by atoms with E-state index >= 15 is 0 Å². The van der Waals surface area contributed by atoms with Gasteiger partial charge in [-0.25, -0.2) is 4.79 Å². The fourth-order valence-corrected chi connectivity index (χ4v) is 0.606. The predicted octanol–water partition coefficient (Wildman–Crippen LogP) is 0.396. The van der Waals surface area contributed by atoms with Crippen molar-refractivity contribution in [1.29, 1.82) is 0 Å². The van der Waals surface area contributed by atoms with Gasteiger partial charge in [0.05, 0.1) is 6.61 Å². The first-order valence-electron chi connectivity index (χ1n) is 4.33. The third-order valence-electron chi connectivity index (χ3n) is 1.22. The first-order chi connectivity index (χ1) is 6.31. The molecule has 13 heavy (non-hydrogen) atoms. The molecule has 0 aromatic carbocycles. The lowest BCUT2D eigenvalue weighted by atomic mass is 10.7. The summed E-state index contributed by atoms with van der Waals surface area (Å²) in [5.74, 6) is 0. The molecule has 0 radical (unpaired) electrons. The summed E-state index contributed by atoms with van der Waals surface area (Å²) in [7, 11) is 1.78. The Morgan fingerprint density at radius 3 is 2.54 bits per heavy atom. The highest BCUT2D eigenvalue weighted by molar-refractivity contribution is 5.59. The second-order valence-electron chi connectivity index (χ2n) is 2.25. The van der Waals surface area contributed by atoms with Gasteiger partial charge < -0.3 is 19.5 Å². The van der Waals surface area contributed by atoms with Crippen LogP contribution in [0.15, 0.2) is 0 Å². The molecule has 0 amide bonds. The zero-order chi connectivity index (χ0) is 9.94. The van der Waals surface area contributed by atoms with Crippen LogP contribution in [0.25, 0.3) is 0 Å². The van der Waals surface area contributed by atoms with Gasteiger partial charge >= 0.3 is 6.16 Å². The summed E-state index contributed by atoms with van der Waals surface area (Å²) < 4.78 is 14.3. The Morgan fingerprint density at radius 1 is 1.23 bits per heavy atom. The molecule has 78 valence electrons. The Bertz CT molecular complexity index is 129. The molecule has 5 heteroatoms. The Balaban J connectivity index is 3.11. The average Bonchev–Trinajstić information content (AvgIpc) is 2.13. The van der Waals surface area contributed by atoms with Crippen LogP contribution < -0.4 is 5.32 Å². The maximum Gasteiger partial charge on any atom is 0.508 e. The molecule has 0 atom stereocenters. The fourth-order valence-electron chi connectivity index (χ4n) is 0.606. The van der Waals surface area contributed by atoms with Gasteiger partial charge in [0.15, 0.2) is 0 Å². The van der Waals surface area contributed by atoms with Crippen molar-refractivity contribution >= 4 is 6.16 Å². The molecule has 0 aromatic heterocycles. The molecule has 5 nitrogen and oxygen atoms in total. The molecule has 0 heterocycles. The SMILES string of the molecule is CCOCCOC(=O)OCCNC. The molecule has 1 N–H and O–H groups in total. The smallest absolute Gasteiger partial charge is 0.433 e. The number of ether oxygens (including phenoxy) is 3. The molecule has 0 spiro atoms. The molecule has 0 unspecified atom stereocenters. The van der Waals surface area contributed by atoms with Crippen LogP contribution in [-0.4, -0.2) is 46.2 Å². The predicted molar refractivity (Wildman–Crippen MR) is 47.7 cm³/mol. The van der Waals surface area contributed by atoms with E-state index in [0.29, 0.717) is 26.4 Å². The van der Waals surface area contributed by atoms with Crippen LogP contribution in [0.2, 0.25) is 0 Å². The molecular weight excluding hydrogens is 174 g/mol. The van der Waals surface area contributed by atoms with Crippen LogP contribution in [-0.2, 0) is 14.2 Å². The van der Waals surface area contributed by atoms with Gasteiger partial charge in [-0.05, 0) is 14.0 Å². The third kappa shape index (κ3) is 9.10. The van der Waals surface area contributed by atoms with Crippen LogP contribution in [0.3, 0.4) is 0 Å². The topological polar surface area (TPSA) is 56.8 Å². The lowest BCUT2D eigenvalue weighted by Crippen LogP contribution is -2.19. The van der Waals surface area contributed by atoms with E-state index in [-0.39, 0.29) is 6.61 Å². The zero-order valence-corrected chi connectivity index (χ0v) is 8.17. The third-order valence-corrected chi connectivity index (χ3v) is 1.22. The number of nitrogens with one attached hydrogen (secondary N) is 1. The Kier molecular flexibility index (Phi) is 8.70. The van der Waals surface area contributed by atoms with Crippen molar-refractivity contribution < 1.29 is 19.0 Å². The summed E-state index contributed by atoms with van der Waals surface area (Å²) in [4.78, 5) is 10.8. The van der Waals surface area contributed by atoms with Crippen molar-refractivity contribution in [1.82, 2.24) is 5.32 Å². The van der Waals surface area contributed by atoms with Gasteiger partial charge in [0.1, 0.15) is 13.2 Å². The minimum atomic E-state index is -0.644. The molecule has 0 rings (SSSR count). The van der Waals surface area contributed by atoms with E-state index in [9.17, 15) is 4.79 Å². The summed E-state index contributed by atoms with van der Waals surface area (Å²) in [5.41, 5.74) is 0. The molecule has 0 aromatic rings. The highest BCUT2D eigenvalue weighted by atomic mass is 16.7. The summed E-state index contributed by atoms with van der Waals surface area (Å²) >= 11 is 0. The van der Waals surface area contributed by atoms with Gasteiger partial charge in [-0.2, -0.15) is 0 Å². The molecule has 0 saturated carbocycles. The standard InChI is InChI=1S/C8H17NO4/c1-3-11-6-7-13-8(10)12-5-4-9-2/h9H,3-7H2,1-2H3. The lowest BCUT2D eigenvalue weighted by Gasteiger charge is -2.05. The lowest BCUT2D eigenvalue weighted by molar-refractivity contribution is 0.0301. The first-order valence-corrected chi connectivity index (χ1v) is 4.33. The highest BCUT2D eigenvalue weighted by Gasteiger charge is 2.01. The monoisotopic (exact) mass is 191 g/mol. The minimum absolute atomic E-state index is 0.242. The number of likely N-dealkylation sites (N-methyl/N-ethyl adjacent to an activating group) is 1. The molecule has 0 aliphatic rings. The quantitative estimate of drug-likeness (QED) is 0.466. The largest absolute Gasteiger partial charge is 0.508 e. The maximum atomic E-state index is 10.8. The molecular formula is C8H17NO4. The minimum Gasteiger partial charge on any atom is -0.433 e. The number of rotatable bonds is 7. The highest BCUT2D eigenvalue weighted by Crippen LogP contribution is 1.85. The zero-order valence-electron chi connectivity index (χ0n) is 8.17. The van der Waals surface area contributed by atoms with Gasteiger partial charge in [-0.1, -0.05) is 0 Å². The van der Waals surface area contributed by atoms with E-state index in [2.05, 4.69) is 14.8 Å². The van der Waals surface area contributed by atoms with Crippen molar-refractivity contribution in [3.8, 4) is 0 Å². The summed E-state index contributed by atoms with van der Waals surface area (Å²) in [6.07, 6.45) is -0.644. The average molecular weight is 191 g/mol. The van der Waals surface area contributed by atoms with Gasteiger partial charge in [-0.3, -0.25) is 0 Å². The van der Waals surface area contributed by atoms with Crippen molar-refractivity contribution in [2.24, 2.45) is 0 Å². The van der Waals surface area contributed by atoms with Crippen molar-refractivity contribution in [3.05, 3.63) is 0 Å². The van der Waals surface area contributed by atoms with E-state index in [1.54, 1.807) is 7.05 Å².